The van der Waals surface area contributed by atoms with Crippen molar-refractivity contribution in [3.8, 4) is 0 Å². The quantitative estimate of drug-likeness (QED) is 0.591. The number of hydrogen-bond acceptors (Lipinski definition) is 3. The fourth-order valence-electron chi connectivity index (χ4n) is 1.81. The minimum atomic E-state index is -0.0627. The van der Waals surface area contributed by atoms with Crippen LogP contribution in [0.25, 0.3) is 0 Å². The highest BCUT2D eigenvalue weighted by atomic mass is 16.2. The maximum atomic E-state index is 11.6. The summed E-state index contributed by atoms with van der Waals surface area (Å²) >= 11 is 0. The van der Waals surface area contributed by atoms with Crippen molar-refractivity contribution in [3.05, 3.63) is 0 Å². The molecular formula is C13H27N3O. The van der Waals surface area contributed by atoms with Gasteiger partial charge in [-0.15, -0.1) is 0 Å². The molecule has 0 bridgehead atoms. The lowest BCUT2D eigenvalue weighted by Crippen LogP contribution is -2.43. The normalized spacial score (nSPS) is 17.2. The van der Waals surface area contributed by atoms with Crippen LogP contribution in [0.5, 0.6) is 0 Å². The van der Waals surface area contributed by atoms with Crippen LogP contribution in [0.3, 0.4) is 0 Å². The van der Waals surface area contributed by atoms with Crippen molar-refractivity contribution >= 4 is 5.91 Å². The third-order valence-corrected chi connectivity index (χ3v) is 3.31. The van der Waals surface area contributed by atoms with Gasteiger partial charge in [0.2, 0.25) is 5.91 Å². The standard InChI is InChI=1S/C13H27N3O/c1-4-16(5-2)10-6-9-14-11(3)13(17)15-12-7-8-12/h11-12,14H,4-10H2,1-3H3,(H,15,17). The SMILES string of the molecule is CCN(CC)CCCNC(C)C(=O)NC1CC1. The van der Waals surface area contributed by atoms with E-state index in [9.17, 15) is 4.79 Å². The van der Waals surface area contributed by atoms with Crippen molar-refractivity contribution in [2.24, 2.45) is 0 Å². The van der Waals surface area contributed by atoms with E-state index in [1.807, 2.05) is 6.92 Å². The molecule has 1 amide bonds. The lowest BCUT2D eigenvalue weighted by molar-refractivity contribution is -0.122. The lowest BCUT2D eigenvalue weighted by Gasteiger charge is -2.19. The Kier molecular flexibility index (Phi) is 6.52. The van der Waals surface area contributed by atoms with Crippen molar-refractivity contribution < 1.29 is 4.79 Å². The van der Waals surface area contributed by atoms with Crippen LogP contribution in [0, 0.1) is 0 Å². The minimum Gasteiger partial charge on any atom is -0.352 e. The fourth-order valence-corrected chi connectivity index (χ4v) is 1.81. The smallest absolute Gasteiger partial charge is 0.237 e. The molecule has 0 aliphatic heterocycles. The van der Waals surface area contributed by atoms with Gasteiger partial charge in [-0.2, -0.15) is 0 Å². The maximum Gasteiger partial charge on any atom is 0.237 e. The molecule has 17 heavy (non-hydrogen) atoms. The Hall–Kier alpha value is -0.610. The summed E-state index contributed by atoms with van der Waals surface area (Å²) in [6.45, 7) is 10.5. The molecule has 0 heterocycles. The van der Waals surface area contributed by atoms with Crippen LogP contribution in [-0.2, 0) is 4.79 Å². The molecule has 0 aromatic rings. The summed E-state index contributed by atoms with van der Waals surface area (Å²) in [6.07, 6.45) is 3.41. The van der Waals surface area contributed by atoms with E-state index < -0.39 is 0 Å². The summed E-state index contributed by atoms with van der Waals surface area (Å²) in [4.78, 5) is 14.0. The van der Waals surface area contributed by atoms with E-state index in [0.717, 1.165) is 45.4 Å². The van der Waals surface area contributed by atoms with Crippen molar-refractivity contribution in [2.45, 2.75) is 52.1 Å². The van der Waals surface area contributed by atoms with Gasteiger partial charge < -0.3 is 15.5 Å². The van der Waals surface area contributed by atoms with Gasteiger partial charge in [0, 0.05) is 6.04 Å². The van der Waals surface area contributed by atoms with Gasteiger partial charge in [0.05, 0.1) is 6.04 Å². The lowest BCUT2D eigenvalue weighted by atomic mass is 10.3. The van der Waals surface area contributed by atoms with Gasteiger partial charge in [-0.05, 0) is 52.4 Å². The molecular weight excluding hydrogens is 214 g/mol. The number of nitrogens with one attached hydrogen (secondary N) is 2. The average Bonchev–Trinajstić information content (AvgIpc) is 3.13. The first kappa shape index (κ1) is 14.5. The van der Waals surface area contributed by atoms with E-state index in [-0.39, 0.29) is 11.9 Å². The van der Waals surface area contributed by atoms with Crippen LogP contribution >= 0.6 is 0 Å². The van der Waals surface area contributed by atoms with Gasteiger partial charge in [0.25, 0.3) is 0 Å². The topological polar surface area (TPSA) is 44.4 Å². The molecule has 4 nitrogen and oxygen atoms in total. The second kappa shape index (κ2) is 7.67. The zero-order valence-electron chi connectivity index (χ0n) is 11.5. The van der Waals surface area contributed by atoms with E-state index in [1.54, 1.807) is 0 Å². The zero-order valence-corrected chi connectivity index (χ0v) is 11.5. The largest absolute Gasteiger partial charge is 0.352 e. The Labute approximate surface area is 105 Å². The highest BCUT2D eigenvalue weighted by Gasteiger charge is 2.25. The molecule has 1 atom stereocenters. The summed E-state index contributed by atoms with van der Waals surface area (Å²) in [5.41, 5.74) is 0. The second-order valence-electron chi connectivity index (χ2n) is 4.84. The van der Waals surface area contributed by atoms with Gasteiger partial charge in [-0.25, -0.2) is 0 Å². The van der Waals surface area contributed by atoms with Crippen LogP contribution in [0.15, 0.2) is 0 Å². The maximum absolute atomic E-state index is 11.6. The average molecular weight is 241 g/mol. The van der Waals surface area contributed by atoms with Crippen molar-refractivity contribution in [2.75, 3.05) is 26.2 Å². The third kappa shape index (κ3) is 6.03. The van der Waals surface area contributed by atoms with Crippen molar-refractivity contribution in [3.63, 3.8) is 0 Å². The molecule has 1 aliphatic rings. The van der Waals surface area contributed by atoms with E-state index in [4.69, 9.17) is 0 Å². The van der Waals surface area contributed by atoms with Crippen LogP contribution in [0.2, 0.25) is 0 Å². The Morgan fingerprint density at radius 3 is 2.53 bits per heavy atom. The Morgan fingerprint density at radius 1 is 1.35 bits per heavy atom. The molecule has 0 aromatic heterocycles. The first-order valence-corrected chi connectivity index (χ1v) is 6.93. The highest BCUT2D eigenvalue weighted by Crippen LogP contribution is 2.18. The Balaban J connectivity index is 2.02. The first-order valence-electron chi connectivity index (χ1n) is 6.93. The number of rotatable bonds is 9. The summed E-state index contributed by atoms with van der Waals surface area (Å²) < 4.78 is 0. The van der Waals surface area contributed by atoms with Crippen LogP contribution < -0.4 is 10.6 Å². The van der Waals surface area contributed by atoms with Crippen molar-refractivity contribution in [1.82, 2.24) is 15.5 Å². The summed E-state index contributed by atoms with van der Waals surface area (Å²) in [5, 5.41) is 6.29. The number of hydrogen-bond donors (Lipinski definition) is 2. The number of nitrogens with zero attached hydrogens (tertiary/aromatic N) is 1. The van der Waals surface area contributed by atoms with Gasteiger partial charge in [-0.3, -0.25) is 4.79 Å². The molecule has 1 fully saturated rings. The number of carbonyl (C=O) groups is 1. The van der Waals surface area contributed by atoms with E-state index in [1.165, 1.54) is 0 Å². The van der Waals surface area contributed by atoms with Gasteiger partial charge in [-0.1, -0.05) is 13.8 Å². The molecule has 1 aliphatic carbocycles. The molecule has 0 spiro atoms. The Bertz CT molecular complexity index is 225. The summed E-state index contributed by atoms with van der Waals surface area (Å²) in [5.74, 6) is 0.148. The molecule has 1 rings (SSSR count). The first-order chi connectivity index (χ1) is 8.17. The number of amides is 1. The predicted molar refractivity (Wildman–Crippen MR) is 71.0 cm³/mol. The zero-order chi connectivity index (χ0) is 12.7. The van der Waals surface area contributed by atoms with Crippen LogP contribution in [-0.4, -0.2) is 49.1 Å². The van der Waals surface area contributed by atoms with Crippen LogP contribution in [0.4, 0.5) is 0 Å². The Morgan fingerprint density at radius 2 is 2.00 bits per heavy atom. The van der Waals surface area contributed by atoms with E-state index in [2.05, 4.69) is 29.4 Å². The number of carbonyl (C=O) groups excluding carboxylic acids is 1. The second-order valence-corrected chi connectivity index (χ2v) is 4.84. The van der Waals surface area contributed by atoms with E-state index >= 15 is 0 Å². The van der Waals surface area contributed by atoms with Crippen LogP contribution in [0.1, 0.15) is 40.0 Å². The predicted octanol–water partition coefficient (Wildman–Crippen LogP) is 0.975. The van der Waals surface area contributed by atoms with E-state index in [0.29, 0.717) is 6.04 Å². The van der Waals surface area contributed by atoms with Gasteiger partial charge in [0.1, 0.15) is 0 Å². The third-order valence-electron chi connectivity index (χ3n) is 3.31. The highest BCUT2D eigenvalue weighted by molar-refractivity contribution is 5.81. The van der Waals surface area contributed by atoms with Gasteiger partial charge in [0.15, 0.2) is 0 Å². The molecule has 0 saturated heterocycles. The molecule has 1 saturated carbocycles. The fraction of sp³-hybridized carbons (Fsp3) is 0.923. The minimum absolute atomic E-state index is 0.0627. The molecule has 100 valence electrons. The molecule has 1 unspecified atom stereocenters. The molecule has 4 heteroatoms. The van der Waals surface area contributed by atoms with Gasteiger partial charge >= 0.3 is 0 Å². The molecule has 2 N–H and O–H groups in total. The summed E-state index contributed by atoms with van der Waals surface area (Å²) in [6, 6.07) is 0.398. The molecule has 0 aromatic carbocycles. The molecule has 0 radical (unpaired) electrons. The van der Waals surface area contributed by atoms with Crippen molar-refractivity contribution in [1.29, 1.82) is 0 Å². The summed E-state index contributed by atoms with van der Waals surface area (Å²) in [7, 11) is 0. The monoisotopic (exact) mass is 241 g/mol.